The number of primary amides is 1. The topological polar surface area (TPSA) is 43.1 Å². The van der Waals surface area contributed by atoms with Gasteiger partial charge in [0.05, 0.1) is 0 Å². The first kappa shape index (κ1) is 6.70. The third kappa shape index (κ3) is 0.680. The standard InChI is InChI=1S/C10H13NO/c11-10(12)9-3-5-1-2-6(9)8-4-7(5)8/h1-2,5-9H,3-4H2,(H2,11,12)/t5-,6-,7-,8+,9-/m0/s1. The van der Waals surface area contributed by atoms with Crippen LogP contribution in [0.5, 0.6) is 0 Å². The van der Waals surface area contributed by atoms with Crippen LogP contribution in [0.3, 0.4) is 0 Å². The average molecular weight is 163 g/mol. The van der Waals surface area contributed by atoms with E-state index in [4.69, 9.17) is 5.73 Å². The zero-order chi connectivity index (χ0) is 8.29. The molecule has 0 aromatic heterocycles. The van der Waals surface area contributed by atoms with Crippen LogP contribution in [0.4, 0.5) is 0 Å². The predicted molar refractivity (Wildman–Crippen MR) is 45.0 cm³/mol. The Kier molecular flexibility index (Phi) is 1.07. The molecule has 2 nitrogen and oxygen atoms in total. The van der Waals surface area contributed by atoms with Crippen molar-refractivity contribution in [3.63, 3.8) is 0 Å². The molecule has 0 aromatic rings. The number of amides is 1. The van der Waals surface area contributed by atoms with Crippen molar-refractivity contribution in [3.8, 4) is 0 Å². The molecule has 2 bridgehead atoms. The lowest BCUT2D eigenvalue weighted by atomic mass is 9.69. The van der Waals surface area contributed by atoms with E-state index in [1.54, 1.807) is 0 Å². The van der Waals surface area contributed by atoms with Crippen molar-refractivity contribution < 1.29 is 4.79 Å². The fourth-order valence-corrected chi connectivity index (χ4v) is 3.17. The third-order valence-electron chi connectivity index (χ3n) is 3.87. The second-order valence-electron chi connectivity index (χ2n) is 4.43. The van der Waals surface area contributed by atoms with Gasteiger partial charge in [0.15, 0.2) is 0 Å². The molecule has 1 amide bonds. The van der Waals surface area contributed by atoms with Crippen molar-refractivity contribution >= 4 is 5.91 Å². The second kappa shape index (κ2) is 1.93. The van der Waals surface area contributed by atoms with Gasteiger partial charge in [0, 0.05) is 5.92 Å². The van der Waals surface area contributed by atoms with Gasteiger partial charge < -0.3 is 5.73 Å². The summed E-state index contributed by atoms with van der Waals surface area (Å²) >= 11 is 0. The zero-order valence-electron chi connectivity index (χ0n) is 6.94. The van der Waals surface area contributed by atoms with E-state index in [1.807, 2.05) is 0 Å². The van der Waals surface area contributed by atoms with Gasteiger partial charge in [0.1, 0.15) is 0 Å². The summed E-state index contributed by atoms with van der Waals surface area (Å²) in [7, 11) is 0. The molecule has 0 heterocycles. The Morgan fingerprint density at radius 1 is 1.25 bits per heavy atom. The lowest BCUT2D eigenvalue weighted by Gasteiger charge is -2.35. The molecule has 2 heteroatoms. The molecule has 0 aliphatic heterocycles. The number of allylic oxidation sites excluding steroid dienone is 2. The van der Waals surface area contributed by atoms with Gasteiger partial charge in [0.2, 0.25) is 5.91 Å². The average Bonchev–Trinajstić information content (AvgIpc) is 2.84. The Hall–Kier alpha value is -0.790. The highest BCUT2D eigenvalue weighted by Gasteiger charge is 2.56. The van der Waals surface area contributed by atoms with Gasteiger partial charge in [-0.1, -0.05) is 12.2 Å². The van der Waals surface area contributed by atoms with Crippen LogP contribution in [-0.2, 0) is 4.79 Å². The molecule has 4 aliphatic rings. The van der Waals surface area contributed by atoms with Crippen molar-refractivity contribution in [3.05, 3.63) is 12.2 Å². The summed E-state index contributed by atoms with van der Waals surface area (Å²) in [6.45, 7) is 0. The molecule has 0 spiro atoms. The molecule has 4 rings (SSSR count). The van der Waals surface area contributed by atoms with Gasteiger partial charge >= 0.3 is 0 Å². The van der Waals surface area contributed by atoms with Crippen molar-refractivity contribution in [1.82, 2.24) is 0 Å². The summed E-state index contributed by atoms with van der Waals surface area (Å²) in [5, 5.41) is 0. The van der Waals surface area contributed by atoms with Crippen LogP contribution in [0, 0.1) is 29.6 Å². The minimum atomic E-state index is -0.0836. The molecule has 5 atom stereocenters. The van der Waals surface area contributed by atoms with Crippen molar-refractivity contribution in [2.24, 2.45) is 35.3 Å². The first-order valence-electron chi connectivity index (χ1n) is 4.75. The summed E-state index contributed by atoms with van der Waals surface area (Å²) in [4.78, 5) is 11.1. The third-order valence-corrected chi connectivity index (χ3v) is 3.87. The lowest BCUT2D eigenvalue weighted by Crippen LogP contribution is -2.38. The number of carbonyl (C=O) groups is 1. The Morgan fingerprint density at radius 2 is 2.08 bits per heavy atom. The number of hydrogen-bond donors (Lipinski definition) is 1. The van der Waals surface area contributed by atoms with E-state index in [1.165, 1.54) is 6.42 Å². The number of carbonyl (C=O) groups excluding carboxylic acids is 1. The van der Waals surface area contributed by atoms with Gasteiger partial charge in [-0.25, -0.2) is 0 Å². The second-order valence-corrected chi connectivity index (χ2v) is 4.43. The number of fused-ring (bicyclic) bond motifs is 1. The van der Waals surface area contributed by atoms with Crippen LogP contribution in [0.2, 0.25) is 0 Å². The van der Waals surface area contributed by atoms with Crippen LogP contribution in [0.25, 0.3) is 0 Å². The highest BCUT2D eigenvalue weighted by molar-refractivity contribution is 5.78. The summed E-state index contributed by atoms with van der Waals surface area (Å²) in [5.41, 5.74) is 5.36. The fraction of sp³-hybridized carbons (Fsp3) is 0.700. The molecule has 2 saturated carbocycles. The lowest BCUT2D eigenvalue weighted by molar-refractivity contribution is -0.124. The van der Waals surface area contributed by atoms with E-state index < -0.39 is 0 Å². The van der Waals surface area contributed by atoms with Crippen molar-refractivity contribution in [2.75, 3.05) is 0 Å². The summed E-state index contributed by atoms with van der Waals surface area (Å²) in [6, 6.07) is 0. The van der Waals surface area contributed by atoms with Gasteiger partial charge in [-0.15, -0.1) is 0 Å². The van der Waals surface area contributed by atoms with E-state index in [0.717, 1.165) is 18.3 Å². The van der Waals surface area contributed by atoms with Gasteiger partial charge in [0.25, 0.3) is 0 Å². The quantitative estimate of drug-likeness (QED) is 0.574. The molecule has 2 N–H and O–H groups in total. The highest BCUT2D eigenvalue weighted by Crippen LogP contribution is 2.61. The van der Waals surface area contributed by atoms with Crippen molar-refractivity contribution in [1.29, 1.82) is 0 Å². The largest absolute Gasteiger partial charge is 0.369 e. The maximum atomic E-state index is 11.1. The molecular formula is C10H13NO. The molecule has 4 aliphatic carbocycles. The molecule has 0 radical (unpaired) electrons. The first-order valence-corrected chi connectivity index (χ1v) is 4.75. The molecule has 2 fully saturated rings. The smallest absolute Gasteiger partial charge is 0.221 e. The van der Waals surface area contributed by atoms with E-state index in [0.29, 0.717) is 11.8 Å². The van der Waals surface area contributed by atoms with Crippen molar-refractivity contribution in [2.45, 2.75) is 12.8 Å². The zero-order valence-corrected chi connectivity index (χ0v) is 6.94. The Bertz CT molecular complexity index is 271. The molecule has 0 unspecified atom stereocenters. The number of rotatable bonds is 1. The summed E-state index contributed by atoms with van der Waals surface area (Å²) < 4.78 is 0. The van der Waals surface area contributed by atoms with Crippen LogP contribution < -0.4 is 5.73 Å². The van der Waals surface area contributed by atoms with Crippen LogP contribution >= 0.6 is 0 Å². The van der Waals surface area contributed by atoms with Crippen LogP contribution in [0.15, 0.2) is 12.2 Å². The number of nitrogens with two attached hydrogens (primary N) is 1. The van der Waals surface area contributed by atoms with Crippen LogP contribution in [-0.4, -0.2) is 5.91 Å². The highest BCUT2D eigenvalue weighted by atomic mass is 16.1. The SMILES string of the molecule is NC(=O)[C@H]1C[C@@H]2C=C[C@H]1[C@H]1C[C@H]12. The minimum Gasteiger partial charge on any atom is -0.369 e. The molecule has 12 heavy (non-hydrogen) atoms. The minimum absolute atomic E-state index is 0.0836. The van der Waals surface area contributed by atoms with Gasteiger partial charge in [-0.05, 0) is 36.5 Å². The predicted octanol–water partition coefficient (Wildman–Crippen LogP) is 0.930. The first-order chi connectivity index (χ1) is 5.77. The Balaban J connectivity index is 1.94. The maximum Gasteiger partial charge on any atom is 0.221 e. The molecular weight excluding hydrogens is 150 g/mol. The van der Waals surface area contributed by atoms with E-state index >= 15 is 0 Å². The molecule has 0 saturated heterocycles. The molecule has 0 aromatic carbocycles. The van der Waals surface area contributed by atoms with Gasteiger partial charge in [-0.2, -0.15) is 0 Å². The number of hydrogen-bond acceptors (Lipinski definition) is 1. The monoisotopic (exact) mass is 163 g/mol. The van der Waals surface area contributed by atoms with E-state index in [9.17, 15) is 4.79 Å². The normalized spacial score (nSPS) is 53.5. The van der Waals surface area contributed by atoms with E-state index in [2.05, 4.69) is 12.2 Å². The Labute approximate surface area is 71.8 Å². The summed E-state index contributed by atoms with van der Waals surface area (Å²) in [5.74, 6) is 2.97. The summed E-state index contributed by atoms with van der Waals surface area (Å²) in [6.07, 6.45) is 6.90. The van der Waals surface area contributed by atoms with Gasteiger partial charge in [-0.3, -0.25) is 4.79 Å². The molecule has 64 valence electrons. The Morgan fingerprint density at radius 3 is 2.75 bits per heavy atom. The van der Waals surface area contributed by atoms with E-state index in [-0.39, 0.29) is 11.8 Å². The van der Waals surface area contributed by atoms with Crippen LogP contribution in [0.1, 0.15) is 12.8 Å². The maximum absolute atomic E-state index is 11.1. The fourth-order valence-electron chi connectivity index (χ4n) is 3.17.